The summed E-state index contributed by atoms with van der Waals surface area (Å²) in [4.78, 5) is 12.0. The largest absolute Gasteiger partial charge is 0.416 e. The molecule has 0 radical (unpaired) electrons. The molecule has 0 aromatic heterocycles. The monoisotopic (exact) mass is 355 g/mol. The van der Waals surface area contributed by atoms with Gasteiger partial charge in [0.15, 0.2) is 0 Å². The number of rotatable bonds is 3. The van der Waals surface area contributed by atoms with Gasteiger partial charge in [-0.3, -0.25) is 4.79 Å². The van der Waals surface area contributed by atoms with Crippen LogP contribution in [0.5, 0.6) is 0 Å². The molecule has 1 N–H and O–H groups in total. The topological polar surface area (TPSA) is 29.1 Å². The fourth-order valence-corrected chi connectivity index (χ4v) is 2.82. The van der Waals surface area contributed by atoms with Crippen LogP contribution in [0.4, 0.5) is 13.2 Å². The highest BCUT2D eigenvalue weighted by molar-refractivity contribution is 6.04. The second-order valence-corrected chi connectivity index (χ2v) is 5.77. The zero-order valence-corrected chi connectivity index (χ0v) is 14.0. The van der Waals surface area contributed by atoms with E-state index in [1.807, 2.05) is 42.5 Å². The first-order valence-electron chi connectivity index (χ1n) is 7.99. The first-order chi connectivity index (χ1) is 12.4. The van der Waals surface area contributed by atoms with E-state index in [9.17, 15) is 18.0 Å². The fraction of sp³-hybridized carbons (Fsp3) is 0.0952. The number of fused-ring (bicyclic) bond motifs is 1. The van der Waals surface area contributed by atoms with Crippen LogP contribution in [0, 0.1) is 0 Å². The van der Waals surface area contributed by atoms with E-state index in [2.05, 4.69) is 5.32 Å². The van der Waals surface area contributed by atoms with Crippen molar-refractivity contribution in [2.45, 2.75) is 6.18 Å². The van der Waals surface area contributed by atoms with Crippen LogP contribution < -0.4 is 5.32 Å². The third-order valence-electron chi connectivity index (χ3n) is 4.12. The SMILES string of the molecule is CNC(=O)C=C(c1ccc(C(F)(F)F)cc1)c1cccc2ccccc12. The highest BCUT2D eigenvalue weighted by Gasteiger charge is 2.30. The lowest BCUT2D eigenvalue weighted by Crippen LogP contribution is -2.15. The van der Waals surface area contributed by atoms with Crippen molar-refractivity contribution in [1.29, 1.82) is 0 Å². The molecule has 0 bridgehead atoms. The second-order valence-electron chi connectivity index (χ2n) is 5.77. The molecule has 0 fully saturated rings. The van der Waals surface area contributed by atoms with Crippen LogP contribution in [0.1, 0.15) is 16.7 Å². The third kappa shape index (κ3) is 3.61. The molecule has 0 unspecified atom stereocenters. The number of halogens is 3. The first-order valence-corrected chi connectivity index (χ1v) is 7.99. The van der Waals surface area contributed by atoms with Crippen molar-refractivity contribution < 1.29 is 18.0 Å². The Morgan fingerprint density at radius 2 is 1.58 bits per heavy atom. The number of amides is 1. The van der Waals surface area contributed by atoms with E-state index in [1.165, 1.54) is 25.3 Å². The number of nitrogens with one attached hydrogen (secondary N) is 1. The zero-order valence-electron chi connectivity index (χ0n) is 14.0. The maximum absolute atomic E-state index is 12.8. The lowest BCUT2D eigenvalue weighted by Gasteiger charge is -2.13. The Morgan fingerprint density at radius 3 is 2.23 bits per heavy atom. The quantitative estimate of drug-likeness (QED) is 0.656. The van der Waals surface area contributed by atoms with Crippen LogP contribution in [0.25, 0.3) is 16.3 Å². The van der Waals surface area contributed by atoms with Gasteiger partial charge in [0.25, 0.3) is 0 Å². The van der Waals surface area contributed by atoms with Crippen LogP contribution in [-0.4, -0.2) is 13.0 Å². The van der Waals surface area contributed by atoms with Crippen molar-refractivity contribution >= 4 is 22.3 Å². The molecule has 0 atom stereocenters. The summed E-state index contributed by atoms with van der Waals surface area (Å²) in [6.07, 6.45) is -2.99. The molecule has 0 heterocycles. The predicted octanol–water partition coefficient (Wildman–Crippen LogP) is 5.04. The number of carbonyl (C=O) groups is 1. The molecule has 5 heteroatoms. The van der Waals surface area contributed by atoms with Crippen molar-refractivity contribution in [2.24, 2.45) is 0 Å². The summed E-state index contributed by atoms with van der Waals surface area (Å²) >= 11 is 0. The number of likely N-dealkylation sites (N-methyl/N-ethyl adjacent to an activating group) is 1. The number of alkyl halides is 3. The van der Waals surface area contributed by atoms with Gasteiger partial charge < -0.3 is 5.32 Å². The standard InChI is InChI=1S/C21H16F3NO/c1-25-20(26)13-19(15-9-11-16(12-10-15)21(22,23)24)18-8-4-6-14-5-2-3-7-17(14)18/h2-13H,1H3,(H,25,26). The molecule has 0 saturated carbocycles. The van der Waals surface area contributed by atoms with Gasteiger partial charge in [-0.05, 0) is 39.6 Å². The smallest absolute Gasteiger partial charge is 0.356 e. The van der Waals surface area contributed by atoms with Gasteiger partial charge in [-0.1, -0.05) is 54.6 Å². The Labute approximate surface area is 149 Å². The summed E-state index contributed by atoms with van der Waals surface area (Å²) in [6.45, 7) is 0. The number of carbonyl (C=O) groups excluding carboxylic acids is 1. The summed E-state index contributed by atoms with van der Waals surface area (Å²) in [7, 11) is 1.51. The highest BCUT2D eigenvalue weighted by Crippen LogP contribution is 2.33. The van der Waals surface area contributed by atoms with Crippen molar-refractivity contribution in [3.8, 4) is 0 Å². The van der Waals surface area contributed by atoms with E-state index in [1.54, 1.807) is 0 Å². The molecule has 3 aromatic carbocycles. The van der Waals surface area contributed by atoms with Crippen molar-refractivity contribution in [1.82, 2.24) is 5.32 Å². The van der Waals surface area contributed by atoms with Gasteiger partial charge in [-0.15, -0.1) is 0 Å². The lowest BCUT2D eigenvalue weighted by molar-refractivity contribution is -0.137. The normalized spacial score (nSPS) is 12.2. The minimum absolute atomic E-state index is 0.326. The van der Waals surface area contributed by atoms with Gasteiger partial charge in [-0.2, -0.15) is 13.2 Å². The van der Waals surface area contributed by atoms with E-state index in [0.717, 1.165) is 28.5 Å². The molecule has 26 heavy (non-hydrogen) atoms. The molecule has 132 valence electrons. The Kier molecular flexibility index (Phi) is 4.80. The predicted molar refractivity (Wildman–Crippen MR) is 96.5 cm³/mol. The van der Waals surface area contributed by atoms with E-state index in [4.69, 9.17) is 0 Å². The molecular weight excluding hydrogens is 339 g/mol. The van der Waals surface area contributed by atoms with Crippen molar-refractivity contribution in [3.05, 3.63) is 89.5 Å². The summed E-state index contributed by atoms with van der Waals surface area (Å²) in [6, 6.07) is 18.2. The highest BCUT2D eigenvalue weighted by atomic mass is 19.4. The summed E-state index contributed by atoms with van der Waals surface area (Å²) in [5.41, 5.74) is 1.16. The Morgan fingerprint density at radius 1 is 0.923 bits per heavy atom. The number of benzene rings is 3. The van der Waals surface area contributed by atoms with Crippen LogP contribution in [0.15, 0.2) is 72.8 Å². The molecule has 0 aliphatic rings. The van der Waals surface area contributed by atoms with Gasteiger partial charge in [0.1, 0.15) is 0 Å². The summed E-state index contributed by atoms with van der Waals surface area (Å²) < 4.78 is 38.5. The minimum atomic E-state index is -4.40. The van der Waals surface area contributed by atoms with E-state index in [0.29, 0.717) is 11.1 Å². The average Bonchev–Trinajstić information content (AvgIpc) is 2.65. The molecule has 0 aliphatic heterocycles. The maximum Gasteiger partial charge on any atom is 0.416 e. The van der Waals surface area contributed by atoms with Crippen molar-refractivity contribution in [2.75, 3.05) is 7.05 Å². The Hall–Kier alpha value is -3.08. The lowest BCUT2D eigenvalue weighted by atomic mass is 9.92. The Balaban J connectivity index is 2.18. The fourth-order valence-electron chi connectivity index (χ4n) is 2.82. The zero-order chi connectivity index (χ0) is 18.7. The molecule has 2 nitrogen and oxygen atoms in total. The Bertz CT molecular complexity index is 967. The molecule has 0 saturated heterocycles. The molecule has 3 rings (SSSR count). The molecule has 3 aromatic rings. The van der Waals surface area contributed by atoms with Gasteiger partial charge in [-0.25, -0.2) is 0 Å². The molecule has 0 spiro atoms. The first kappa shape index (κ1) is 17.7. The van der Waals surface area contributed by atoms with E-state index >= 15 is 0 Å². The third-order valence-corrected chi connectivity index (χ3v) is 4.12. The number of hydrogen-bond donors (Lipinski definition) is 1. The van der Waals surface area contributed by atoms with Gasteiger partial charge in [0, 0.05) is 13.1 Å². The average molecular weight is 355 g/mol. The minimum Gasteiger partial charge on any atom is -0.356 e. The van der Waals surface area contributed by atoms with Gasteiger partial charge >= 0.3 is 6.18 Å². The van der Waals surface area contributed by atoms with Crippen molar-refractivity contribution in [3.63, 3.8) is 0 Å². The van der Waals surface area contributed by atoms with Crippen LogP contribution >= 0.6 is 0 Å². The molecule has 1 amide bonds. The van der Waals surface area contributed by atoms with Crippen LogP contribution in [-0.2, 0) is 11.0 Å². The summed E-state index contributed by atoms with van der Waals surface area (Å²) in [5, 5.41) is 4.43. The van der Waals surface area contributed by atoms with Gasteiger partial charge in [0.05, 0.1) is 5.56 Å². The van der Waals surface area contributed by atoms with Crippen LogP contribution in [0.3, 0.4) is 0 Å². The van der Waals surface area contributed by atoms with Crippen LogP contribution in [0.2, 0.25) is 0 Å². The van der Waals surface area contributed by atoms with Gasteiger partial charge in [0.2, 0.25) is 5.91 Å². The van der Waals surface area contributed by atoms with E-state index < -0.39 is 11.7 Å². The maximum atomic E-state index is 12.8. The number of hydrogen-bond acceptors (Lipinski definition) is 1. The molecule has 0 aliphatic carbocycles. The van der Waals surface area contributed by atoms with E-state index in [-0.39, 0.29) is 5.91 Å². The summed E-state index contributed by atoms with van der Waals surface area (Å²) in [5.74, 6) is -0.326. The molecular formula is C21H16F3NO. The second kappa shape index (κ2) is 7.04.